The Morgan fingerprint density at radius 2 is 1.88 bits per heavy atom. The maximum absolute atomic E-state index is 13.3. The molecule has 2 aromatic rings. The number of pyridine rings is 1. The van der Waals surface area contributed by atoms with Gasteiger partial charge in [0.25, 0.3) is 0 Å². The molecule has 24 heavy (non-hydrogen) atoms. The molecule has 0 radical (unpaired) electrons. The highest BCUT2D eigenvalue weighted by atomic mass is 19.1. The van der Waals surface area contributed by atoms with Gasteiger partial charge in [0.05, 0.1) is 17.9 Å². The van der Waals surface area contributed by atoms with Gasteiger partial charge < -0.3 is 9.64 Å². The number of carbonyl (C=O) groups is 1. The first-order valence-electron chi connectivity index (χ1n) is 7.84. The summed E-state index contributed by atoms with van der Waals surface area (Å²) in [5, 5.41) is 0. The number of halogens is 1. The monoisotopic (exact) mass is 330 g/mol. The molecule has 0 aliphatic rings. The summed E-state index contributed by atoms with van der Waals surface area (Å²) in [6, 6.07) is 6.15. The lowest BCUT2D eigenvalue weighted by atomic mass is 9.91. The lowest BCUT2D eigenvalue weighted by Crippen LogP contribution is -2.18. The molecule has 5 heteroatoms. The average Bonchev–Trinajstić information content (AvgIpc) is 2.54. The Kier molecular flexibility index (Phi) is 5.67. The second kappa shape index (κ2) is 7.53. The molecule has 4 nitrogen and oxygen atoms in total. The lowest BCUT2D eigenvalue weighted by Gasteiger charge is -2.23. The molecule has 0 atom stereocenters. The first-order valence-corrected chi connectivity index (χ1v) is 7.84. The van der Waals surface area contributed by atoms with Crippen LogP contribution in [0.2, 0.25) is 0 Å². The van der Waals surface area contributed by atoms with Crippen molar-refractivity contribution in [2.75, 3.05) is 26.1 Å². The molecule has 0 N–H and O–H groups in total. The van der Waals surface area contributed by atoms with Gasteiger partial charge in [0.1, 0.15) is 11.6 Å². The zero-order valence-electron chi connectivity index (χ0n) is 14.8. The maximum atomic E-state index is 13.3. The van der Waals surface area contributed by atoms with Crippen molar-refractivity contribution in [2.45, 2.75) is 26.4 Å². The molecule has 0 fully saturated rings. The normalized spacial score (nSPS) is 11.0. The Morgan fingerprint density at radius 1 is 1.25 bits per heavy atom. The van der Waals surface area contributed by atoms with Gasteiger partial charge in [0.2, 0.25) is 0 Å². The van der Waals surface area contributed by atoms with Crippen LogP contribution in [-0.4, -0.2) is 32.5 Å². The van der Waals surface area contributed by atoms with Crippen molar-refractivity contribution in [1.29, 1.82) is 0 Å². The van der Waals surface area contributed by atoms with Gasteiger partial charge in [0, 0.05) is 32.3 Å². The Hall–Kier alpha value is -2.27. The van der Waals surface area contributed by atoms with Gasteiger partial charge in [-0.3, -0.25) is 4.79 Å². The van der Waals surface area contributed by atoms with Crippen molar-refractivity contribution in [3.8, 4) is 11.1 Å². The molecule has 0 saturated heterocycles. The van der Waals surface area contributed by atoms with E-state index in [4.69, 9.17) is 9.72 Å². The van der Waals surface area contributed by atoms with Crippen LogP contribution in [0.4, 0.5) is 10.2 Å². The van der Waals surface area contributed by atoms with E-state index < -0.39 is 0 Å². The molecule has 2 rings (SSSR count). The number of anilines is 1. The van der Waals surface area contributed by atoms with Crippen molar-refractivity contribution in [2.24, 2.45) is 0 Å². The predicted octanol–water partition coefficient (Wildman–Crippen LogP) is 4.04. The molecule has 0 spiro atoms. The average molecular weight is 330 g/mol. The number of carbonyl (C=O) groups excluding carboxylic acids is 1. The van der Waals surface area contributed by atoms with Crippen molar-refractivity contribution in [1.82, 2.24) is 4.98 Å². The van der Waals surface area contributed by atoms with E-state index in [1.165, 1.54) is 12.1 Å². The van der Waals surface area contributed by atoms with Crippen molar-refractivity contribution in [3.63, 3.8) is 0 Å². The third kappa shape index (κ3) is 3.46. The van der Waals surface area contributed by atoms with Gasteiger partial charge in [-0.15, -0.1) is 0 Å². The summed E-state index contributed by atoms with van der Waals surface area (Å²) in [6.07, 6.45) is 0.810. The largest absolute Gasteiger partial charge is 0.380 e. The third-order valence-corrected chi connectivity index (χ3v) is 3.86. The number of ether oxygens (including phenoxy) is 1. The Balaban J connectivity index is 2.89. The van der Waals surface area contributed by atoms with Gasteiger partial charge in [0.15, 0.2) is 6.29 Å². The fourth-order valence-electron chi connectivity index (χ4n) is 2.81. The van der Waals surface area contributed by atoms with Gasteiger partial charge >= 0.3 is 0 Å². The van der Waals surface area contributed by atoms with Crippen LogP contribution in [-0.2, 0) is 11.3 Å². The molecule has 128 valence electrons. The summed E-state index contributed by atoms with van der Waals surface area (Å²) in [5.74, 6) is 0.451. The molecule has 0 aliphatic carbocycles. The number of rotatable bonds is 6. The number of methoxy groups -OCH3 is 1. The summed E-state index contributed by atoms with van der Waals surface area (Å²) in [7, 11) is 5.31. The summed E-state index contributed by atoms with van der Waals surface area (Å²) in [4.78, 5) is 18.4. The highest BCUT2D eigenvalue weighted by Crippen LogP contribution is 2.36. The Labute approximate surface area is 142 Å². The van der Waals surface area contributed by atoms with Crippen LogP contribution >= 0.6 is 0 Å². The van der Waals surface area contributed by atoms with Gasteiger partial charge in [-0.2, -0.15) is 0 Å². The second-order valence-corrected chi connectivity index (χ2v) is 6.19. The van der Waals surface area contributed by atoms with Gasteiger partial charge in [-0.1, -0.05) is 26.0 Å². The van der Waals surface area contributed by atoms with E-state index in [1.54, 1.807) is 19.2 Å². The molecule has 0 saturated carbocycles. The zero-order chi connectivity index (χ0) is 17.9. The van der Waals surface area contributed by atoms with E-state index in [0.717, 1.165) is 28.7 Å². The molecular formula is C19H23FN2O2. The standard InChI is InChI=1S/C19H23FN2O2/c1-12(2)18-16(11-24-5)17(13-6-8-14(20)9-7-13)15(10-23)19(21-18)22(3)4/h6-10,12H,11H2,1-5H3. The van der Waals surface area contributed by atoms with Crippen LogP contribution in [0, 0.1) is 5.82 Å². The number of nitrogens with zero attached hydrogens (tertiary/aromatic N) is 2. The smallest absolute Gasteiger partial charge is 0.154 e. The second-order valence-electron chi connectivity index (χ2n) is 6.19. The molecule has 1 aromatic carbocycles. The fourth-order valence-corrected chi connectivity index (χ4v) is 2.81. The molecule has 0 bridgehead atoms. The van der Waals surface area contributed by atoms with E-state index in [2.05, 4.69) is 13.8 Å². The summed E-state index contributed by atoms with van der Waals surface area (Å²) >= 11 is 0. The van der Waals surface area contributed by atoms with Crippen LogP contribution in [0.3, 0.4) is 0 Å². The minimum Gasteiger partial charge on any atom is -0.380 e. The number of benzene rings is 1. The van der Waals surface area contributed by atoms with Crippen LogP contribution < -0.4 is 4.90 Å². The molecule has 0 amide bonds. The summed E-state index contributed by atoms with van der Waals surface area (Å²) in [5.41, 5.74) is 3.77. The topological polar surface area (TPSA) is 42.4 Å². The summed E-state index contributed by atoms with van der Waals surface area (Å²) in [6.45, 7) is 4.44. The van der Waals surface area contributed by atoms with Gasteiger partial charge in [-0.25, -0.2) is 9.37 Å². The van der Waals surface area contributed by atoms with Crippen molar-refractivity contribution < 1.29 is 13.9 Å². The SMILES string of the molecule is COCc1c(C(C)C)nc(N(C)C)c(C=O)c1-c1ccc(F)cc1. The van der Waals surface area contributed by atoms with Crippen molar-refractivity contribution >= 4 is 12.1 Å². The van der Waals surface area contributed by atoms with E-state index in [0.29, 0.717) is 18.0 Å². The predicted molar refractivity (Wildman–Crippen MR) is 94.1 cm³/mol. The minimum absolute atomic E-state index is 0.161. The van der Waals surface area contributed by atoms with Crippen LogP contribution in [0.15, 0.2) is 24.3 Å². The molecule has 1 aromatic heterocycles. The van der Waals surface area contributed by atoms with Crippen LogP contribution in [0.25, 0.3) is 11.1 Å². The highest BCUT2D eigenvalue weighted by Gasteiger charge is 2.23. The molecule has 0 unspecified atom stereocenters. The third-order valence-electron chi connectivity index (χ3n) is 3.86. The highest BCUT2D eigenvalue weighted by molar-refractivity contribution is 5.95. The van der Waals surface area contributed by atoms with E-state index in [1.807, 2.05) is 19.0 Å². The fraction of sp³-hybridized carbons (Fsp3) is 0.368. The maximum Gasteiger partial charge on any atom is 0.154 e. The van der Waals surface area contributed by atoms with Crippen LogP contribution in [0.1, 0.15) is 41.4 Å². The first kappa shape index (κ1) is 18.1. The van der Waals surface area contributed by atoms with Crippen molar-refractivity contribution in [3.05, 3.63) is 46.9 Å². The van der Waals surface area contributed by atoms with E-state index >= 15 is 0 Å². The first-order chi connectivity index (χ1) is 11.4. The molecular weight excluding hydrogens is 307 g/mol. The Morgan fingerprint density at radius 3 is 2.33 bits per heavy atom. The van der Waals surface area contributed by atoms with Crippen LogP contribution in [0.5, 0.6) is 0 Å². The lowest BCUT2D eigenvalue weighted by molar-refractivity contribution is 0.112. The molecule has 1 heterocycles. The minimum atomic E-state index is -0.314. The quantitative estimate of drug-likeness (QED) is 0.750. The van der Waals surface area contributed by atoms with Gasteiger partial charge in [-0.05, 0) is 23.6 Å². The number of hydrogen-bond donors (Lipinski definition) is 0. The zero-order valence-corrected chi connectivity index (χ0v) is 14.8. The number of hydrogen-bond acceptors (Lipinski definition) is 4. The van der Waals surface area contributed by atoms with E-state index in [-0.39, 0.29) is 11.7 Å². The van der Waals surface area contributed by atoms with E-state index in [9.17, 15) is 9.18 Å². The summed E-state index contributed by atoms with van der Waals surface area (Å²) < 4.78 is 18.7. The Bertz CT molecular complexity index is 725. The number of aromatic nitrogens is 1. The molecule has 0 aliphatic heterocycles. The number of aldehydes is 1.